The number of nitro groups is 1. The van der Waals surface area contributed by atoms with Gasteiger partial charge in [0.2, 0.25) is 0 Å². The first-order chi connectivity index (χ1) is 12.0. The molecule has 0 aliphatic carbocycles. The van der Waals surface area contributed by atoms with Gasteiger partial charge in [0.15, 0.2) is 5.82 Å². The van der Waals surface area contributed by atoms with Gasteiger partial charge in [-0.05, 0) is 42.7 Å². The molecule has 0 N–H and O–H groups in total. The number of halogens is 1. The van der Waals surface area contributed by atoms with E-state index in [0.717, 1.165) is 0 Å². The molecule has 9 heteroatoms. The van der Waals surface area contributed by atoms with E-state index in [2.05, 4.69) is 15.5 Å². The summed E-state index contributed by atoms with van der Waals surface area (Å²) < 4.78 is 1.53. The topological polar surface area (TPSA) is 90.0 Å². The Morgan fingerprint density at radius 3 is 2.64 bits per heavy atom. The standard InChI is InChI=1S/C16H15ClN6O2/c1-21(2)15(13-8-3-4-9-14(13)23(24)25)16-18-19-20-22(16)12-7-5-6-11(17)10-12/h3-10,15H,1-2H3/t15-/m1/s1. The molecule has 2 aromatic carbocycles. The maximum Gasteiger partial charge on any atom is 0.274 e. The van der Waals surface area contributed by atoms with Crippen LogP contribution in [0.4, 0.5) is 5.69 Å². The van der Waals surface area contributed by atoms with Crippen molar-refractivity contribution in [2.45, 2.75) is 6.04 Å². The summed E-state index contributed by atoms with van der Waals surface area (Å²) in [6.45, 7) is 0. The molecular formula is C16H15ClN6O2. The van der Waals surface area contributed by atoms with Crippen LogP contribution in [-0.4, -0.2) is 44.1 Å². The van der Waals surface area contributed by atoms with Crippen LogP contribution in [0, 0.1) is 10.1 Å². The number of tetrazole rings is 1. The summed E-state index contributed by atoms with van der Waals surface area (Å²) in [5.41, 5.74) is 1.20. The van der Waals surface area contributed by atoms with Gasteiger partial charge in [-0.2, -0.15) is 4.68 Å². The van der Waals surface area contributed by atoms with Crippen LogP contribution in [0.3, 0.4) is 0 Å². The molecule has 8 nitrogen and oxygen atoms in total. The molecule has 3 aromatic rings. The van der Waals surface area contributed by atoms with Gasteiger partial charge >= 0.3 is 0 Å². The molecule has 0 unspecified atom stereocenters. The molecule has 128 valence electrons. The fourth-order valence-corrected chi connectivity index (χ4v) is 2.87. The molecular weight excluding hydrogens is 344 g/mol. The zero-order valence-corrected chi connectivity index (χ0v) is 14.3. The van der Waals surface area contributed by atoms with Gasteiger partial charge in [0.05, 0.1) is 16.2 Å². The zero-order chi connectivity index (χ0) is 18.0. The smallest absolute Gasteiger partial charge is 0.274 e. The van der Waals surface area contributed by atoms with Crippen LogP contribution in [0.15, 0.2) is 48.5 Å². The first-order valence-electron chi connectivity index (χ1n) is 7.43. The van der Waals surface area contributed by atoms with Crippen molar-refractivity contribution in [3.8, 4) is 5.69 Å². The van der Waals surface area contributed by atoms with Crippen LogP contribution in [-0.2, 0) is 0 Å². The van der Waals surface area contributed by atoms with E-state index in [9.17, 15) is 10.1 Å². The fraction of sp³-hybridized carbons (Fsp3) is 0.188. The summed E-state index contributed by atoms with van der Waals surface area (Å²) in [6, 6.07) is 13.2. The Morgan fingerprint density at radius 1 is 1.20 bits per heavy atom. The number of para-hydroxylation sites is 1. The van der Waals surface area contributed by atoms with E-state index < -0.39 is 11.0 Å². The first-order valence-corrected chi connectivity index (χ1v) is 7.81. The lowest BCUT2D eigenvalue weighted by Gasteiger charge is -2.23. The molecule has 1 heterocycles. The molecule has 0 saturated carbocycles. The second-order valence-electron chi connectivity index (χ2n) is 5.61. The number of hydrogen-bond donors (Lipinski definition) is 0. The third-order valence-corrected chi connectivity index (χ3v) is 3.97. The molecule has 3 rings (SSSR count). The van der Waals surface area contributed by atoms with Crippen molar-refractivity contribution >= 4 is 17.3 Å². The highest BCUT2D eigenvalue weighted by molar-refractivity contribution is 6.30. The highest BCUT2D eigenvalue weighted by Gasteiger charge is 2.30. The fourth-order valence-electron chi connectivity index (χ4n) is 2.69. The van der Waals surface area contributed by atoms with E-state index in [1.807, 2.05) is 25.1 Å². The monoisotopic (exact) mass is 358 g/mol. The molecule has 25 heavy (non-hydrogen) atoms. The average molecular weight is 359 g/mol. The molecule has 1 atom stereocenters. The van der Waals surface area contributed by atoms with Crippen LogP contribution in [0.2, 0.25) is 5.02 Å². The van der Waals surface area contributed by atoms with Crippen molar-refractivity contribution in [3.05, 3.63) is 75.1 Å². The van der Waals surface area contributed by atoms with Gasteiger partial charge in [0.25, 0.3) is 5.69 Å². The largest absolute Gasteiger partial charge is 0.296 e. The molecule has 0 saturated heterocycles. The van der Waals surface area contributed by atoms with E-state index in [1.54, 1.807) is 36.4 Å². The van der Waals surface area contributed by atoms with Gasteiger partial charge in [0.1, 0.15) is 6.04 Å². The van der Waals surface area contributed by atoms with Gasteiger partial charge < -0.3 is 0 Å². The van der Waals surface area contributed by atoms with E-state index in [0.29, 0.717) is 22.1 Å². The van der Waals surface area contributed by atoms with Gasteiger partial charge in [0, 0.05) is 11.1 Å². The predicted octanol–water partition coefficient (Wildman–Crippen LogP) is 2.87. The molecule has 0 radical (unpaired) electrons. The Morgan fingerprint density at radius 2 is 1.96 bits per heavy atom. The average Bonchev–Trinajstić information content (AvgIpc) is 3.04. The van der Waals surface area contributed by atoms with Crippen LogP contribution in [0.1, 0.15) is 17.4 Å². The maximum atomic E-state index is 11.4. The van der Waals surface area contributed by atoms with Crippen molar-refractivity contribution in [2.24, 2.45) is 0 Å². The third-order valence-electron chi connectivity index (χ3n) is 3.74. The molecule has 0 bridgehead atoms. The first kappa shape index (κ1) is 17.0. The Hall–Kier alpha value is -2.84. The Kier molecular flexibility index (Phi) is 4.73. The maximum absolute atomic E-state index is 11.4. The summed E-state index contributed by atoms with van der Waals surface area (Å²) in [4.78, 5) is 12.9. The lowest BCUT2D eigenvalue weighted by molar-refractivity contribution is -0.385. The second-order valence-corrected chi connectivity index (χ2v) is 6.05. The Bertz CT molecular complexity index is 911. The molecule has 0 spiro atoms. The number of aromatic nitrogens is 4. The highest BCUT2D eigenvalue weighted by Crippen LogP contribution is 2.32. The third kappa shape index (κ3) is 3.35. The van der Waals surface area contributed by atoms with Crippen LogP contribution >= 0.6 is 11.6 Å². The SMILES string of the molecule is CN(C)[C@H](c1ccccc1[N+](=O)[O-])c1nnnn1-c1cccc(Cl)c1. The summed E-state index contributed by atoms with van der Waals surface area (Å²) in [7, 11) is 3.64. The quantitative estimate of drug-likeness (QED) is 0.514. The number of nitro benzene ring substituents is 1. The van der Waals surface area contributed by atoms with E-state index in [-0.39, 0.29) is 5.69 Å². The van der Waals surface area contributed by atoms with Gasteiger partial charge in [-0.15, -0.1) is 5.10 Å². The van der Waals surface area contributed by atoms with Crippen molar-refractivity contribution in [2.75, 3.05) is 14.1 Å². The van der Waals surface area contributed by atoms with Crippen LogP contribution in [0.25, 0.3) is 5.69 Å². The Labute approximate surface area is 148 Å². The van der Waals surface area contributed by atoms with E-state index >= 15 is 0 Å². The summed E-state index contributed by atoms with van der Waals surface area (Å²) in [5, 5.41) is 23.9. The van der Waals surface area contributed by atoms with Crippen molar-refractivity contribution in [1.29, 1.82) is 0 Å². The number of nitrogens with zero attached hydrogens (tertiary/aromatic N) is 6. The highest BCUT2D eigenvalue weighted by atomic mass is 35.5. The number of rotatable bonds is 5. The minimum absolute atomic E-state index is 0.0156. The zero-order valence-electron chi connectivity index (χ0n) is 13.6. The van der Waals surface area contributed by atoms with Gasteiger partial charge in [-0.1, -0.05) is 35.9 Å². The van der Waals surface area contributed by atoms with Crippen molar-refractivity contribution in [1.82, 2.24) is 25.1 Å². The molecule has 0 fully saturated rings. The van der Waals surface area contributed by atoms with Crippen LogP contribution in [0.5, 0.6) is 0 Å². The predicted molar refractivity (Wildman–Crippen MR) is 92.8 cm³/mol. The van der Waals surface area contributed by atoms with Crippen molar-refractivity contribution in [3.63, 3.8) is 0 Å². The Balaban J connectivity index is 2.17. The van der Waals surface area contributed by atoms with Crippen molar-refractivity contribution < 1.29 is 4.92 Å². The summed E-state index contributed by atoms with van der Waals surface area (Å²) in [5.74, 6) is 0.460. The minimum Gasteiger partial charge on any atom is -0.296 e. The normalized spacial score (nSPS) is 12.3. The molecule has 1 aromatic heterocycles. The minimum atomic E-state index is -0.504. The number of benzene rings is 2. The second kappa shape index (κ2) is 6.96. The lowest BCUT2D eigenvalue weighted by Crippen LogP contribution is -2.25. The molecule has 0 aliphatic rings. The van der Waals surface area contributed by atoms with E-state index in [4.69, 9.17) is 11.6 Å². The summed E-state index contributed by atoms with van der Waals surface area (Å²) >= 11 is 6.06. The van der Waals surface area contributed by atoms with Crippen LogP contribution < -0.4 is 0 Å². The number of hydrogen-bond acceptors (Lipinski definition) is 6. The van der Waals surface area contributed by atoms with Gasteiger partial charge in [-0.3, -0.25) is 15.0 Å². The lowest BCUT2D eigenvalue weighted by atomic mass is 10.0. The van der Waals surface area contributed by atoms with Gasteiger partial charge in [-0.25, -0.2) is 0 Å². The molecule has 0 aliphatic heterocycles. The summed E-state index contributed by atoms with van der Waals surface area (Å²) in [6.07, 6.45) is 0. The van der Waals surface area contributed by atoms with E-state index in [1.165, 1.54) is 10.7 Å². The molecule has 0 amide bonds.